The molecule has 4 rings (SSSR count). The van der Waals surface area contributed by atoms with Crippen LogP contribution >= 0.6 is 23.1 Å². The molecular weight excluding hydrogens is 472 g/mol. The Morgan fingerprint density at radius 1 is 1.18 bits per heavy atom. The summed E-state index contributed by atoms with van der Waals surface area (Å²) in [6, 6.07) is 11.8. The number of aromatic nitrogens is 2. The molecule has 0 saturated carbocycles. The highest BCUT2D eigenvalue weighted by molar-refractivity contribution is 7.99. The number of rotatable bonds is 7. The van der Waals surface area contributed by atoms with Crippen LogP contribution in [0.5, 0.6) is 0 Å². The molecule has 0 atom stereocenters. The summed E-state index contributed by atoms with van der Waals surface area (Å²) >= 11 is 2.72. The fourth-order valence-electron chi connectivity index (χ4n) is 3.71. The number of carbonyl (C=O) groups is 2. The quantitative estimate of drug-likeness (QED) is 0.281. The van der Waals surface area contributed by atoms with Gasteiger partial charge in [-0.05, 0) is 18.6 Å². The number of thioether (sulfide) groups is 1. The van der Waals surface area contributed by atoms with Crippen LogP contribution in [0, 0.1) is 0 Å². The van der Waals surface area contributed by atoms with Gasteiger partial charge in [-0.2, -0.15) is 0 Å². The van der Waals surface area contributed by atoms with E-state index in [-0.39, 0.29) is 23.3 Å². The molecule has 1 fully saturated rings. The van der Waals surface area contributed by atoms with Crippen LogP contribution in [0.4, 0.5) is 4.79 Å². The van der Waals surface area contributed by atoms with E-state index in [0.29, 0.717) is 54.7 Å². The van der Waals surface area contributed by atoms with Gasteiger partial charge in [-0.25, -0.2) is 9.78 Å². The highest BCUT2D eigenvalue weighted by atomic mass is 32.2. The number of allylic oxidation sites excluding steroid dienone is 1. The molecule has 1 aliphatic rings. The zero-order valence-corrected chi connectivity index (χ0v) is 20.6. The average molecular weight is 499 g/mol. The van der Waals surface area contributed by atoms with E-state index < -0.39 is 0 Å². The van der Waals surface area contributed by atoms with E-state index in [4.69, 9.17) is 9.72 Å². The third-order valence-corrected chi connectivity index (χ3v) is 7.51. The van der Waals surface area contributed by atoms with Gasteiger partial charge in [-0.15, -0.1) is 17.9 Å². The van der Waals surface area contributed by atoms with Gasteiger partial charge in [0.05, 0.1) is 17.7 Å². The summed E-state index contributed by atoms with van der Waals surface area (Å²) < 4.78 is 6.59. The normalized spacial score (nSPS) is 13.8. The highest BCUT2D eigenvalue weighted by Gasteiger charge is 2.25. The van der Waals surface area contributed by atoms with Crippen LogP contribution in [0.25, 0.3) is 20.7 Å². The largest absolute Gasteiger partial charge is 0.450 e. The van der Waals surface area contributed by atoms with Crippen LogP contribution in [0.3, 0.4) is 0 Å². The first-order chi connectivity index (χ1) is 16.5. The Kier molecular flexibility index (Phi) is 7.69. The van der Waals surface area contributed by atoms with E-state index in [1.807, 2.05) is 36.4 Å². The zero-order chi connectivity index (χ0) is 24.1. The Labute approximate surface area is 205 Å². The molecule has 1 aliphatic heterocycles. The number of hydrogen-bond acceptors (Lipinski definition) is 7. The maximum Gasteiger partial charge on any atom is 0.409 e. The Morgan fingerprint density at radius 2 is 1.88 bits per heavy atom. The van der Waals surface area contributed by atoms with Crippen LogP contribution in [0.15, 0.2) is 59.0 Å². The van der Waals surface area contributed by atoms with Crippen molar-refractivity contribution in [3.8, 4) is 10.4 Å². The van der Waals surface area contributed by atoms with E-state index in [2.05, 4.69) is 6.58 Å². The fraction of sp³-hybridized carbons (Fsp3) is 0.333. The van der Waals surface area contributed by atoms with Gasteiger partial charge >= 0.3 is 6.09 Å². The molecule has 2 amide bonds. The number of carbonyl (C=O) groups excluding carboxylic acids is 2. The lowest BCUT2D eigenvalue weighted by atomic mass is 10.2. The first kappa shape index (κ1) is 24.0. The summed E-state index contributed by atoms with van der Waals surface area (Å²) in [7, 11) is 0. The molecule has 2 aromatic heterocycles. The summed E-state index contributed by atoms with van der Waals surface area (Å²) in [5.74, 6) is 0.106. The van der Waals surface area contributed by atoms with Crippen molar-refractivity contribution in [1.29, 1.82) is 0 Å². The van der Waals surface area contributed by atoms with E-state index >= 15 is 0 Å². The molecule has 1 saturated heterocycles. The standard InChI is InChI=1S/C24H26N4O4S2/c1-3-10-28-22(30)18-15-19(17-8-6-5-7-9-17)34-21(18)25-23(28)33-16-20(29)26-11-13-27(14-12-26)24(31)32-4-2/h3,5-9,15H,1,4,10-14,16H2,2H3. The molecular formula is C24H26N4O4S2. The van der Waals surface area contributed by atoms with E-state index in [9.17, 15) is 14.4 Å². The molecule has 0 radical (unpaired) electrons. The second-order valence-electron chi connectivity index (χ2n) is 7.65. The minimum atomic E-state index is -0.347. The number of ether oxygens (including phenoxy) is 1. The van der Waals surface area contributed by atoms with Gasteiger partial charge in [0.1, 0.15) is 4.83 Å². The Balaban J connectivity index is 1.49. The average Bonchev–Trinajstić information content (AvgIpc) is 3.30. The molecule has 0 N–H and O–H groups in total. The predicted molar refractivity (Wildman–Crippen MR) is 135 cm³/mol. The summed E-state index contributed by atoms with van der Waals surface area (Å²) in [6.07, 6.45) is 1.31. The van der Waals surface area contributed by atoms with E-state index in [1.165, 1.54) is 23.1 Å². The topological polar surface area (TPSA) is 84.7 Å². The SMILES string of the molecule is C=CCn1c(SCC(=O)N2CCN(C(=O)OCC)CC2)nc2sc(-c3ccccc3)cc2c1=O. The third-order valence-electron chi connectivity index (χ3n) is 5.47. The van der Waals surface area contributed by atoms with Crippen LogP contribution in [0.1, 0.15) is 6.92 Å². The number of benzene rings is 1. The molecule has 0 aliphatic carbocycles. The summed E-state index contributed by atoms with van der Waals surface area (Å²) in [5.41, 5.74) is 0.896. The minimum absolute atomic E-state index is 0.0517. The van der Waals surface area contributed by atoms with Gasteiger partial charge in [-0.1, -0.05) is 48.2 Å². The molecule has 0 bridgehead atoms. The van der Waals surface area contributed by atoms with Gasteiger partial charge in [0.2, 0.25) is 5.91 Å². The Bertz CT molecular complexity index is 1250. The number of amides is 2. The number of piperazine rings is 1. The Morgan fingerprint density at radius 3 is 2.56 bits per heavy atom. The third kappa shape index (κ3) is 5.18. The van der Waals surface area contributed by atoms with Crippen LogP contribution in [-0.4, -0.2) is 69.9 Å². The number of hydrogen-bond donors (Lipinski definition) is 0. The number of thiophene rings is 1. The maximum atomic E-state index is 13.2. The molecule has 10 heteroatoms. The van der Waals surface area contributed by atoms with Crippen molar-refractivity contribution < 1.29 is 14.3 Å². The molecule has 1 aromatic carbocycles. The second-order valence-corrected chi connectivity index (χ2v) is 9.62. The van der Waals surface area contributed by atoms with Crippen molar-refractivity contribution in [2.45, 2.75) is 18.6 Å². The summed E-state index contributed by atoms with van der Waals surface area (Å²) in [4.78, 5) is 47.6. The molecule has 3 heterocycles. The maximum absolute atomic E-state index is 13.2. The van der Waals surface area contributed by atoms with E-state index in [1.54, 1.807) is 27.4 Å². The molecule has 0 spiro atoms. The van der Waals surface area contributed by atoms with E-state index in [0.717, 1.165) is 10.4 Å². The number of nitrogens with zero attached hydrogens (tertiary/aromatic N) is 4. The molecule has 3 aromatic rings. The summed E-state index contributed by atoms with van der Waals surface area (Å²) in [6.45, 7) is 7.97. The van der Waals surface area contributed by atoms with Crippen molar-refractivity contribution in [2.75, 3.05) is 38.5 Å². The van der Waals surface area contributed by atoms with Crippen molar-refractivity contribution in [3.63, 3.8) is 0 Å². The van der Waals surface area contributed by atoms with Crippen LogP contribution < -0.4 is 5.56 Å². The molecule has 34 heavy (non-hydrogen) atoms. The molecule has 8 nitrogen and oxygen atoms in total. The highest BCUT2D eigenvalue weighted by Crippen LogP contribution is 2.32. The summed E-state index contributed by atoms with van der Waals surface area (Å²) in [5, 5.41) is 1.06. The predicted octanol–water partition coefficient (Wildman–Crippen LogP) is 3.70. The first-order valence-corrected chi connectivity index (χ1v) is 12.8. The van der Waals surface area contributed by atoms with Crippen LogP contribution in [-0.2, 0) is 16.1 Å². The van der Waals surface area contributed by atoms with Crippen molar-refractivity contribution in [3.05, 3.63) is 59.4 Å². The lowest BCUT2D eigenvalue weighted by molar-refractivity contribution is -0.129. The van der Waals surface area contributed by atoms with Gasteiger partial charge < -0.3 is 14.5 Å². The van der Waals surface area contributed by atoms with Crippen molar-refractivity contribution >= 4 is 45.3 Å². The van der Waals surface area contributed by atoms with Crippen molar-refractivity contribution in [2.24, 2.45) is 0 Å². The van der Waals surface area contributed by atoms with Gasteiger partial charge in [0.25, 0.3) is 5.56 Å². The second kappa shape index (κ2) is 10.9. The Hall–Kier alpha value is -3.11. The van der Waals surface area contributed by atoms with Gasteiger partial charge in [0.15, 0.2) is 5.16 Å². The molecule has 178 valence electrons. The number of fused-ring (bicyclic) bond motifs is 1. The molecule has 0 unspecified atom stereocenters. The van der Waals surface area contributed by atoms with Gasteiger partial charge in [-0.3, -0.25) is 14.2 Å². The lowest BCUT2D eigenvalue weighted by Crippen LogP contribution is -2.51. The smallest absolute Gasteiger partial charge is 0.409 e. The lowest BCUT2D eigenvalue weighted by Gasteiger charge is -2.34. The minimum Gasteiger partial charge on any atom is -0.450 e. The monoisotopic (exact) mass is 498 g/mol. The first-order valence-electron chi connectivity index (χ1n) is 11.0. The zero-order valence-electron chi connectivity index (χ0n) is 18.9. The van der Waals surface area contributed by atoms with Crippen LogP contribution in [0.2, 0.25) is 0 Å². The van der Waals surface area contributed by atoms with Crippen molar-refractivity contribution in [1.82, 2.24) is 19.4 Å². The van der Waals surface area contributed by atoms with Gasteiger partial charge in [0, 0.05) is 37.6 Å². The fourth-order valence-corrected chi connectivity index (χ4v) is 5.70.